The largest absolute Gasteiger partial charge is 0.340 e. The first-order valence-corrected chi connectivity index (χ1v) is 8.91. The topological polar surface area (TPSA) is 77.1 Å². The Morgan fingerprint density at radius 1 is 1.24 bits per heavy atom. The van der Waals surface area contributed by atoms with Crippen LogP contribution in [0.15, 0.2) is 21.5 Å². The molecule has 1 fully saturated rings. The molecule has 25 heavy (non-hydrogen) atoms. The first kappa shape index (κ1) is 17.8. The molecule has 0 saturated carbocycles. The summed E-state index contributed by atoms with van der Waals surface area (Å²) in [5.41, 5.74) is 0.886. The number of likely N-dealkylation sites (tertiary alicyclic amines) is 1. The van der Waals surface area contributed by atoms with Crippen molar-refractivity contribution in [2.75, 3.05) is 13.1 Å². The molecule has 3 heterocycles. The van der Waals surface area contributed by atoms with Gasteiger partial charge in [0.25, 0.3) is 5.56 Å². The van der Waals surface area contributed by atoms with Crippen molar-refractivity contribution in [3.05, 3.63) is 39.9 Å². The van der Waals surface area contributed by atoms with Crippen LogP contribution in [0.1, 0.15) is 51.0 Å². The lowest BCUT2D eigenvalue weighted by Crippen LogP contribution is -2.37. The van der Waals surface area contributed by atoms with Gasteiger partial charge < -0.3 is 4.52 Å². The number of aromatic nitrogens is 4. The molecule has 1 aliphatic rings. The van der Waals surface area contributed by atoms with Crippen molar-refractivity contribution in [3.8, 4) is 0 Å². The Hall–Kier alpha value is -2.02. The molecule has 0 spiro atoms. The summed E-state index contributed by atoms with van der Waals surface area (Å²) in [5.74, 6) is 1.82. The highest BCUT2D eigenvalue weighted by Gasteiger charge is 2.22. The zero-order chi connectivity index (χ0) is 18.0. The Labute approximate surface area is 148 Å². The van der Waals surface area contributed by atoms with Crippen LogP contribution in [0, 0.1) is 12.8 Å². The SMILES string of the molecule is Cc1nc(CN2CCC(Cn3nc(C(C)(C)C)ccc3=O)CC2)no1. The fourth-order valence-electron chi connectivity index (χ4n) is 3.16. The monoisotopic (exact) mass is 345 g/mol. The zero-order valence-corrected chi connectivity index (χ0v) is 15.5. The molecule has 0 amide bonds. The van der Waals surface area contributed by atoms with Crippen LogP contribution in [0.25, 0.3) is 0 Å². The molecule has 0 unspecified atom stereocenters. The quantitative estimate of drug-likeness (QED) is 0.845. The highest BCUT2D eigenvalue weighted by Crippen LogP contribution is 2.21. The van der Waals surface area contributed by atoms with Gasteiger partial charge in [-0.3, -0.25) is 9.69 Å². The standard InChI is InChI=1S/C18H27N5O2/c1-13-19-16(21-25-13)12-22-9-7-14(8-10-22)11-23-17(24)6-5-15(20-23)18(2,3)4/h5-6,14H,7-12H2,1-4H3. The van der Waals surface area contributed by atoms with Crippen LogP contribution in [0.5, 0.6) is 0 Å². The van der Waals surface area contributed by atoms with E-state index in [0.717, 1.165) is 44.0 Å². The Bertz CT molecular complexity index is 766. The van der Waals surface area contributed by atoms with Crippen molar-refractivity contribution in [2.24, 2.45) is 5.92 Å². The number of piperidine rings is 1. The molecule has 0 radical (unpaired) electrons. The predicted octanol–water partition coefficient (Wildman–Crippen LogP) is 2.14. The molecule has 7 heteroatoms. The summed E-state index contributed by atoms with van der Waals surface area (Å²) in [5, 5.41) is 8.54. The Morgan fingerprint density at radius 2 is 1.96 bits per heavy atom. The molecular weight excluding hydrogens is 318 g/mol. The summed E-state index contributed by atoms with van der Waals surface area (Å²) in [6.45, 7) is 11.5. The second-order valence-corrected chi connectivity index (χ2v) is 7.94. The average molecular weight is 345 g/mol. The molecule has 3 rings (SSSR count). The summed E-state index contributed by atoms with van der Waals surface area (Å²) in [4.78, 5) is 18.7. The minimum atomic E-state index is -0.0540. The number of hydrogen-bond acceptors (Lipinski definition) is 6. The number of nitrogens with zero attached hydrogens (tertiary/aromatic N) is 5. The van der Waals surface area contributed by atoms with Gasteiger partial charge in [0, 0.05) is 24.9 Å². The molecule has 2 aromatic heterocycles. The average Bonchev–Trinajstić information content (AvgIpc) is 2.95. The van der Waals surface area contributed by atoms with Crippen LogP contribution in [0.2, 0.25) is 0 Å². The van der Waals surface area contributed by atoms with Crippen molar-refractivity contribution in [2.45, 2.75) is 59.0 Å². The molecule has 136 valence electrons. The van der Waals surface area contributed by atoms with Gasteiger partial charge in [-0.2, -0.15) is 10.1 Å². The van der Waals surface area contributed by atoms with E-state index in [1.54, 1.807) is 17.7 Å². The molecule has 0 N–H and O–H groups in total. The third kappa shape index (κ3) is 4.54. The van der Waals surface area contributed by atoms with Gasteiger partial charge in [0.05, 0.1) is 12.2 Å². The maximum absolute atomic E-state index is 12.1. The van der Waals surface area contributed by atoms with Crippen LogP contribution in [0.4, 0.5) is 0 Å². The molecule has 0 aromatic carbocycles. The lowest BCUT2D eigenvalue weighted by atomic mass is 9.92. The van der Waals surface area contributed by atoms with Gasteiger partial charge in [-0.15, -0.1) is 0 Å². The van der Waals surface area contributed by atoms with Gasteiger partial charge in [0.2, 0.25) is 5.89 Å². The Kier molecular flexibility index (Phi) is 5.03. The third-order valence-corrected chi connectivity index (χ3v) is 4.71. The third-order valence-electron chi connectivity index (χ3n) is 4.71. The second kappa shape index (κ2) is 7.07. The van der Waals surface area contributed by atoms with Gasteiger partial charge in [0.1, 0.15) is 0 Å². The van der Waals surface area contributed by atoms with E-state index in [9.17, 15) is 4.79 Å². The minimum absolute atomic E-state index is 0.0160. The highest BCUT2D eigenvalue weighted by atomic mass is 16.5. The van der Waals surface area contributed by atoms with Crippen LogP contribution < -0.4 is 5.56 Å². The molecule has 1 aliphatic heterocycles. The first-order valence-electron chi connectivity index (χ1n) is 8.91. The maximum Gasteiger partial charge on any atom is 0.266 e. The fourth-order valence-corrected chi connectivity index (χ4v) is 3.16. The van der Waals surface area contributed by atoms with Crippen molar-refractivity contribution < 1.29 is 4.52 Å². The van der Waals surface area contributed by atoms with E-state index in [4.69, 9.17) is 4.52 Å². The van der Waals surface area contributed by atoms with E-state index in [1.807, 2.05) is 6.07 Å². The van der Waals surface area contributed by atoms with Gasteiger partial charge in [-0.05, 0) is 37.9 Å². The number of rotatable bonds is 4. The minimum Gasteiger partial charge on any atom is -0.340 e. The normalized spacial score (nSPS) is 17.1. The molecule has 2 aromatic rings. The highest BCUT2D eigenvalue weighted by molar-refractivity contribution is 5.10. The zero-order valence-electron chi connectivity index (χ0n) is 15.5. The molecule has 7 nitrogen and oxygen atoms in total. The van der Waals surface area contributed by atoms with Gasteiger partial charge >= 0.3 is 0 Å². The fraction of sp³-hybridized carbons (Fsp3) is 0.667. The first-order chi connectivity index (χ1) is 11.8. The van der Waals surface area contributed by atoms with Crippen molar-refractivity contribution in [3.63, 3.8) is 0 Å². The maximum atomic E-state index is 12.1. The predicted molar refractivity (Wildman–Crippen MR) is 94.2 cm³/mol. The van der Waals surface area contributed by atoms with Crippen molar-refractivity contribution >= 4 is 0 Å². The summed E-state index contributed by atoms with van der Waals surface area (Å²) in [6, 6.07) is 3.48. The van der Waals surface area contributed by atoms with Crippen molar-refractivity contribution in [1.29, 1.82) is 0 Å². The molecule has 1 saturated heterocycles. The lowest BCUT2D eigenvalue weighted by Gasteiger charge is -2.31. The number of aryl methyl sites for hydroxylation is 1. The summed E-state index contributed by atoms with van der Waals surface area (Å²) in [7, 11) is 0. The Morgan fingerprint density at radius 3 is 2.56 bits per heavy atom. The lowest BCUT2D eigenvalue weighted by molar-refractivity contribution is 0.158. The van der Waals surface area contributed by atoms with E-state index >= 15 is 0 Å². The summed E-state index contributed by atoms with van der Waals surface area (Å²) >= 11 is 0. The van der Waals surface area contributed by atoms with E-state index in [1.165, 1.54) is 0 Å². The van der Waals surface area contributed by atoms with Crippen LogP contribution in [-0.2, 0) is 18.5 Å². The molecule has 0 bridgehead atoms. The van der Waals surface area contributed by atoms with Gasteiger partial charge in [-0.1, -0.05) is 25.9 Å². The molecule has 0 atom stereocenters. The van der Waals surface area contributed by atoms with E-state index in [0.29, 0.717) is 18.4 Å². The van der Waals surface area contributed by atoms with E-state index in [-0.39, 0.29) is 11.0 Å². The summed E-state index contributed by atoms with van der Waals surface area (Å²) < 4.78 is 6.67. The smallest absolute Gasteiger partial charge is 0.266 e. The summed E-state index contributed by atoms with van der Waals surface area (Å²) in [6.07, 6.45) is 2.09. The van der Waals surface area contributed by atoms with Gasteiger partial charge in [0.15, 0.2) is 5.82 Å². The second-order valence-electron chi connectivity index (χ2n) is 7.94. The molecular formula is C18H27N5O2. The molecule has 0 aliphatic carbocycles. The number of hydrogen-bond donors (Lipinski definition) is 0. The van der Waals surface area contributed by atoms with E-state index < -0.39 is 0 Å². The van der Waals surface area contributed by atoms with Crippen LogP contribution in [-0.4, -0.2) is 37.9 Å². The Balaban J connectivity index is 1.58. The van der Waals surface area contributed by atoms with Crippen molar-refractivity contribution in [1.82, 2.24) is 24.8 Å². The van der Waals surface area contributed by atoms with Crippen LogP contribution >= 0.6 is 0 Å². The van der Waals surface area contributed by atoms with Gasteiger partial charge in [-0.25, -0.2) is 4.68 Å². The van der Waals surface area contributed by atoms with Crippen LogP contribution in [0.3, 0.4) is 0 Å². The van der Waals surface area contributed by atoms with E-state index in [2.05, 4.69) is 40.9 Å².